The van der Waals surface area contributed by atoms with E-state index >= 15 is 0 Å². The third-order valence-electron chi connectivity index (χ3n) is 6.18. The predicted octanol–water partition coefficient (Wildman–Crippen LogP) is 2.01. The van der Waals surface area contributed by atoms with Crippen molar-refractivity contribution < 1.29 is 9.53 Å². The van der Waals surface area contributed by atoms with Crippen molar-refractivity contribution in [3.63, 3.8) is 0 Å². The Hall–Kier alpha value is -2.35. The second-order valence-corrected chi connectivity index (χ2v) is 8.36. The first-order chi connectivity index (χ1) is 13.5. The van der Waals surface area contributed by atoms with Gasteiger partial charge >= 0.3 is 0 Å². The molecule has 8 heteroatoms. The van der Waals surface area contributed by atoms with Gasteiger partial charge in [-0.05, 0) is 26.7 Å². The van der Waals surface area contributed by atoms with Crippen LogP contribution in [0.4, 0.5) is 5.82 Å². The number of aromatic nitrogens is 4. The van der Waals surface area contributed by atoms with E-state index in [-0.39, 0.29) is 18.1 Å². The van der Waals surface area contributed by atoms with Crippen molar-refractivity contribution in [2.45, 2.75) is 51.2 Å². The van der Waals surface area contributed by atoms with Crippen molar-refractivity contribution in [1.29, 1.82) is 0 Å². The van der Waals surface area contributed by atoms with E-state index in [1.165, 1.54) is 18.5 Å². The Kier molecular flexibility index (Phi) is 4.19. The van der Waals surface area contributed by atoms with E-state index in [0.717, 1.165) is 42.3 Å². The van der Waals surface area contributed by atoms with E-state index in [1.54, 1.807) is 4.68 Å². The quantitative estimate of drug-likeness (QED) is 0.876. The Balaban J connectivity index is 1.29. The third kappa shape index (κ3) is 2.99. The SMILES string of the molecule is C[C@@H]1Cc2c(nn(C)c2C(=O)N2CCN(c3cc(C4CC4)[nH]n3)CC2)[C@H](C)O1. The molecule has 0 spiro atoms. The number of fused-ring (bicyclic) bond motifs is 1. The van der Waals surface area contributed by atoms with Crippen LogP contribution in [-0.2, 0) is 18.2 Å². The monoisotopic (exact) mass is 384 g/mol. The smallest absolute Gasteiger partial charge is 0.272 e. The predicted molar refractivity (Wildman–Crippen MR) is 105 cm³/mol. The first kappa shape index (κ1) is 17.7. The molecule has 1 amide bonds. The topological polar surface area (TPSA) is 79.3 Å². The van der Waals surface area contributed by atoms with E-state index < -0.39 is 0 Å². The Bertz CT molecular complexity index is 891. The number of aryl methyl sites for hydroxylation is 1. The number of aromatic amines is 1. The normalized spacial score (nSPS) is 25.1. The molecular weight excluding hydrogens is 356 g/mol. The number of nitrogens with one attached hydrogen (secondary N) is 1. The number of hydrogen-bond donors (Lipinski definition) is 1. The molecule has 2 aliphatic heterocycles. The van der Waals surface area contributed by atoms with E-state index in [9.17, 15) is 4.79 Å². The summed E-state index contributed by atoms with van der Waals surface area (Å²) in [7, 11) is 1.86. The molecular formula is C20H28N6O2. The number of carbonyl (C=O) groups excluding carboxylic acids is 1. The molecule has 2 aromatic rings. The highest BCUT2D eigenvalue weighted by Gasteiger charge is 2.34. The van der Waals surface area contributed by atoms with Gasteiger partial charge in [-0.25, -0.2) is 0 Å². The van der Waals surface area contributed by atoms with Crippen LogP contribution in [0, 0.1) is 0 Å². The van der Waals surface area contributed by atoms with Crippen molar-refractivity contribution in [3.05, 3.63) is 28.7 Å². The maximum atomic E-state index is 13.3. The number of hydrogen-bond acceptors (Lipinski definition) is 5. The summed E-state index contributed by atoms with van der Waals surface area (Å²) < 4.78 is 7.62. The molecule has 2 atom stereocenters. The third-order valence-corrected chi connectivity index (χ3v) is 6.18. The summed E-state index contributed by atoms with van der Waals surface area (Å²) in [4.78, 5) is 17.5. The second kappa shape index (κ2) is 6.62. The van der Waals surface area contributed by atoms with Gasteiger partial charge in [0, 0.05) is 62.9 Å². The van der Waals surface area contributed by atoms with Crippen molar-refractivity contribution in [2.75, 3.05) is 31.1 Å². The lowest BCUT2D eigenvalue weighted by atomic mass is 9.99. The van der Waals surface area contributed by atoms with Crippen molar-refractivity contribution in [2.24, 2.45) is 7.05 Å². The molecule has 1 N–H and O–H groups in total. The van der Waals surface area contributed by atoms with Crippen molar-refractivity contribution in [1.82, 2.24) is 24.9 Å². The maximum Gasteiger partial charge on any atom is 0.272 e. The number of carbonyl (C=O) groups is 1. The summed E-state index contributed by atoms with van der Waals surface area (Å²) in [6.07, 6.45) is 3.31. The van der Waals surface area contributed by atoms with Crippen LogP contribution in [0.25, 0.3) is 0 Å². The number of piperazine rings is 1. The number of rotatable bonds is 3. The number of anilines is 1. The number of ether oxygens (including phenoxy) is 1. The molecule has 0 bridgehead atoms. The summed E-state index contributed by atoms with van der Waals surface area (Å²) in [5.74, 6) is 1.76. The van der Waals surface area contributed by atoms with Gasteiger partial charge in [-0.1, -0.05) is 0 Å². The number of H-pyrrole nitrogens is 1. The lowest BCUT2D eigenvalue weighted by Crippen LogP contribution is -2.49. The van der Waals surface area contributed by atoms with Gasteiger partial charge in [-0.15, -0.1) is 0 Å². The Morgan fingerprint density at radius 1 is 1.21 bits per heavy atom. The lowest BCUT2D eigenvalue weighted by Gasteiger charge is -2.35. The molecule has 2 fully saturated rings. The van der Waals surface area contributed by atoms with Gasteiger partial charge in [-0.3, -0.25) is 14.6 Å². The van der Waals surface area contributed by atoms with Crippen LogP contribution >= 0.6 is 0 Å². The van der Waals surface area contributed by atoms with E-state index in [0.29, 0.717) is 19.0 Å². The number of nitrogens with zero attached hydrogens (tertiary/aromatic N) is 5. The first-order valence-corrected chi connectivity index (χ1v) is 10.3. The lowest BCUT2D eigenvalue weighted by molar-refractivity contribution is -0.00714. The van der Waals surface area contributed by atoms with Crippen LogP contribution in [0.5, 0.6) is 0 Å². The number of amides is 1. The van der Waals surface area contributed by atoms with Crippen molar-refractivity contribution in [3.8, 4) is 0 Å². The summed E-state index contributed by atoms with van der Waals surface area (Å²) in [5, 5.41) is 12.2. The summed E-state index contributed by atoms with van der Waals surface area (Å²) >= 11 is 0. The second-order valence-electron chi connectivity index (χ2n) is 8.36. The van der Waals surface area contributed by atoms with Gasteiger partial charge in [0.15, 0.2) is 5.82 Å². The van der Waals surface area contributed by atoms with Crippen molar-refractivity contribution >= 4 is 11.7 Å². The molecule has 28 heavy (non-hydrogen) atoms. The summed E-state index contributed by atoms with van der Waals surface area (Å²) in [6, 6.07) is 2.18. The van der Waals surface area contributed by atoms with Crippen LogP contribution in [0.3, 0.4) is 0 Å². The van der Waals surface area contributed by atoms with Crippen LogP contribution in [-0.4, -0.2) is 63.1 Å². The van der Waals surface area contributed by atoms with Crippen LogP contribution in [0.2, 0.25) is 0 Å². The molecule has 1 aliphatic carbocycles. The van der Waals surface area contributed by atoms with Gasteiger partial charge in [0.05, 0.1) is 17.9 Å². The zero-order valence-corrected chi connectivity index (χ0v) is 16.8. The average molecular weight is 384 g/mol. The molecule has 8 nitrogen and oxygen atoms in total. The minimum Gasteiger partial charge on any atom is -0.369 e. The van der Waals surface area contributed by atoms with Gasteiger partial charge in [0.1, 0.15) is 5.69 Å². The van der Waals surface area contributed by atoms with E-state index in [4.69, 9.17) is 4.74 Å². The fourth-order valence-electron chi connectivity index (χ4n) is 4.51. The standard InChI is InChI=1S/C20H28N6O2/c1-12-10-15-18(13(2)28-12)23-24(3)19(15)20(27)26-8-6-25(7-9-26)17-11-16(21-22-17)14-4-5-14/h11-14H,4-10H2,1-3H3,(H,21,22)/t12-,13+/m1/s1. The van der Waals surface area contributed by atoms with Gasteiger partial charge in [0.25, 0.3) is 5.91 Å². The van der Waals surface area contributed by atoms with Crippen LogP contribution in [0.1, 0.15) is 66.2 Å². The van der Waals surface area contributed by atoms with Crippen LogP contribution in [0.15, 0.2) is 6.07 Å². The highest BCUT2D eigenvalue weighted by atomic mass is 16.5. The largest absolute Gasteiger partial charge is 0.369 e. The summed E-state index contributed by atoms with van der Waals surface area (Å²) in [5.41, 5.74) is 3.94. The highest BCUT2D eigenvalue weighted by molar-refractivity contribution is 5.94. The molecule has 0 unspecified atom stereocenters. The highest BCUT2D eigenvalue weighted by Crippen LogP contribution is 2.40. The molecule has 2 aromatic heterocycles. The molecule has 1 saturated heterocycles. The summed E-state index contributed by atoms with van der Waals surface area (Å²) in [6.45, 7) is 7.07. The Morgan fingerprint density at radius 3 is 2.68 bits per heavy atom. The van der Waals surface area contributed by atoms with Gasteiger partial charge in [0.2, 0.25) is 0 Å². The van der Waals surface area contributed by atoms with E-state index in [2.05, 4.69) is 33.2 Å². The zero-order valence-electron chi connectivity index (χ0n) is 16.8. The fraction of sp³-hybridized carbons (Fsp3) is 0.650. The molecule has 5 rings (SSSR count). The molecule has 0 radical (unpaired) electrons. The van der Waals surface area contributed by atoms with Crippen LogP contribution < -0.4 is 4.90 Å². The molecule has 3 aliphatic rings. The van der Waals surface area contributed by atoms with Gasteiger partial charge in [-0.2, -0.15) is 10.2 Å². The first-order valence-electron chi connectivity index (χ1n) is 10.3. The minimum absolute atomic E-state index is 0.0660. The Labute approximate surface area is 164 Å². The molecule has 4 heterocycles. The van der Waals surface area contributed by atoms with Gasteiger partial charge < -0.3 is 14.5 Å². The molecule has 1 saturated carbocycles. The van der Waals surface area contributed by atoms with E-state index in [1.807, 2.05) is 18.9 Å². The average Bonchev–Trinajstić information content (AvgIpc) is 3.31. The molecule has 0 aromatic carbocycles. The zero-order chi connectivity index (χ0) is 19.4. The fourth-order valence-corrected chi connectivity index (χ4v) is 4.51. The Morgan fingerprint density at radius 2 is 1.96 bits per heavy atom. The molecule has 150 valence electrons. The minimum atomic E-state index is -0.0660. The maximum absolute atomic E-state index is 13.3.